The highest BCUT2D eigenvalue weighted by molar-refractivity contribution is 6.31. The fraction of sp³-hybridized carbons (Fsp3) is 0.385. The van der Waals surface area contributed by atoms with E-state index in [-0.39, 0.29) is 11.9 Å². The van der Waals surface area contributed by atoms with Crippen LogP contribution in [0.5, 0.6) is 0 Å². The first-order valence-corrected chi connectivity index (χ1v) is 6.42. The molecule has 1 fully saturated rings. The number of benzene rings is 1. The number of carbonyl (C=O) groups excluding carboxylic acids is 1. The molecular formula is C13H15ClN4O. The number of nitriles is 1. The second-order valence-corrected chi connectivity index (χ2v) is 4.92. The number of hydrogen-bond acceptors (Lipinski definition) is 4. The van der Waals surface area contributed by atoms with Crippen molar-refractivity contribution in [2.45, 2.75) is 12.6 Å². The summed E-state index contributed by atoms with van der Waals surface area (Å²) in [7, 11) is 0. The number of hydrogen-bond donors (Lipinski definition) is 2. The molecule has 100 valence electrons. The standard InChI is InChI=1S/C13H15ClN4O/c14-11-5-9(6-15)1-2-10(11)8-18-4-3-17-7-12(18)13(16)19/h1-2,5,12,17H,3-4,7-8H2,(H2,16,19). The number of rotatable bonds is 3. The van der Waals surface area contributed by atoms with E-state index in [9.17, 15) is 4.79 Å². The molecule has 1 aromatic rings. The molecule has 0 bridgehead atoms. The van der Waals surface area contributed by atoms with E-state index in [1.165, 1.54) is 0 Å². The number of primary amides is 1. The Labute approximate surface area is 116 Å². The van der Waals surface area contributed by atoms with Crippen molar-refractivity contribution in [1.29, 1.82) is 5.26 Å². The third-order valence-corrected chi connectivity index (χ3v) is 3.59. The number of halogens is 1. The van der Waals surface area contributed by atoms with Crippen molar-refractivity contribution in [3.63, 3.8) is 0 Å². The molecular weight excluding hydrogens is 264 g/mol. The molecule has 1 atom stereocenters. The van der Waals surface area contributed by atoms with E-state index in [1.54, 1.807) is 12.1 Å². The van der Waals surface area contributed by atoms with Crippen molar-refractivity contribution < 1.29 is 4.79 Å². The second kappa shape index (κ2) is 6.02. The Bertz CT molecular complexity index is 526. The molecule has 1 aliphatic rings. The third kappa shape index (κ3) is 3.24. The summed E-state index contributed by atoms with van der Waals surface area (Å²) in [5.74, 6) is -0.336. The van der Waals surface area contributed by atoms with Gasteiger partial charge in [-0.05, 0) is 17.7 Å². The zero-order chi connectivity index (χ0) is 13.8. The summed E-state index contributed by atoms with van der Waals surface area (Å²) in [4.78, 5) is 13.4. The van der Waals surface area contributed by atoms with Gasteiger partial charge < -0.3 is 11.1 Å². The maximum atomic E-state index is 11.4. The lowest BCUT2D eigenvalue weighted by molar-refractivity contribution is -0.124. The number of nitrogens with one attached hydrogen (secondary N) is 1. The average molecular weight is 279 g/mol. The maximum absolute atomic E-state index is 11.4. The van der Waals surface area contributed by atoms with E-state index in [0.29, 0.717) is 23.7 Å². The average Bonchev–Trinajstić information content (AvgIpc) is 2.41. The van der Waals surface area contributed by atoms with Gasteiger partial charge in [0.2, 0.25) is 5.91 Å². The van der Waals surface area contributed by atoms with Crippen molar-refractivity contribution in [2.75, 3.05) is 19.6 Å². The van der Waals surface area contributed by atoms with Gasteiger partial charge in [-0.1, -0.05) is 17.7 Å². The molecule has 1 aliphatic heterocycles. The van der Waals surface area contributed by atoms with Gasteiger partial charge >= 0.3 is 0 Å². The number of nitrogens with zero attached hydrogens (tertiary/aromatic N) is 2. The van der Waals surface area contributed by atoms with Crippen molar-refractivity contribution in [2.24, 2.45) is 5.73 Å². The first-order valence-electron chi connectivity index (χ1n) is 6.04. The monoisotopic (exact) mass is 278 g/mol. The SMILES string of the molecule is N#Cc1ccc(CN2CCNCC2C(N)=O)c(Cl)c1. The maximum Gasteiger partial charge on any atom is 0.236 e. The van der Waals surface area contributed by atoms with Crippen molar-refractivity contribution in [3.8, 4) is 6.07 Å². The van der Waals surface area contributed by atoms with Gasteiger partial charge in [0.15, 0.2) is 0 Å². The number of nitrogens with two attached hydrogens (primary N) is 1. The molecule has 0 saturated carbocycles. The summed E-state index contributed by atoms with van der Waals surface area (Å²) in [5, 5.41) is 12.5. The molecule has 2 rings (SSSR count). The van der Waals surface area contributed by atoms with E-state index in [4.69, 9.17) is 22.6 Å². The van der Waals surface area contributed by atoms with Crippen LogP contribution in [0.4, 0.5) is 0 Å². The molecule has 1 aromatic carbocycles. The van der Waals surface area contributed by atoms with Crippen LogP contribution in [0.1, 0.15) is 11.1 Å². The van der Waals surface area contributed by atoms with Gasteiger partial charge in [-0.2, -0.15) is 5.26 Å². The Hall–Kier alpha value is -1.61. The van der Waals surface area contributed by atoms with Crippen molar-refractivity contribution in [3.05, 3.63) is 34.3 Å². The Morgan fingerprint density at radius 3 is 3.05 bits per heavy atom. The van der Waals surface area contributed by atoms with E-state index in [0.717, 1.165) is 18.7 Å². The first-order chi connectivity index (χ1) is 9.11. The second-order valence-electron chi connectivity index (χ2n) is 4.51. The molecule has 0 radical (unpaired) electrons. The van der Waals surface area contributed by atoms with Gasteiger partial charge in [0.05, 0.1) is 11.6 Å². The van der Waals surface area contributed by atoms with Crippen LogP contribution >= 0.6 is 11.6 Å². The summed E-state index contributed by atoms with van der Waals surface area (Å²) >= 11 is 6.15. The summed E-state index contributed by atoms with van der Waals surface area (Å²) in [5.41, 5.74) is 6.82. The van der Waals surface area contributed by atoms with Crippen LogP contribution < -0.4 is 11.1 Å². The van der Waals surface area contributed by atoms with Crippen LogP contribution in [0.15, 0.2) is 18.2 Å². The molecule has 0 aliphatic carbocycles. The highest BCUT2D eigenvalue weighted by atomic mass is 35.5. The minimum Gasteiger partial charge on any atom is -0.368 e. The van der Waals surface area contributed by atoms with Crippen LogP contribution in [0.2, 0.25) is 5.02 Å². The van der Waals surface area contributed by atoms with Gasteiger partial charge in [0.1, 0.15) is 6.04 Å². The predicted molar refractivity (Wildman–Crippen MR) is 72.4 cm³/mol. The minimum absolute atomic E-state index is 0.319. The lowest BCUT2D eigenvalue weighted by Crippen LogP contribution is -2.56. The number of amides is 1. The fourth-order valence-electron chi connectivity index (χ4n) is 2.18. The van der Waals surface area contributed by atoms with Gasteiger partial charge in [-0.15, -0.1) is 0 Å². The normalized spacial score (nSPS) is 19.9. The van der Waals surface area contributed by atoms with Crippen LogP contribution in [-0.4, -0.2) is 36.5 Å². The smallest absolute Gasteiger partial charge is 0.236 e. The van der Waals surface area contributed by atoms with E-state index in [2.05, 4.69) is 5.32 Å². The van der Waals surface area contributed by atoms with E-state index in [1.807, 2.05) is 17.0 Å². The van der Waals surface area contributed by atoms with Crippen molar-refractivity contribution in [1.82, 2.24) is 10.2 Å². The van der Waals surface area contributed by atoms with Gasteiger partial charge in [-0.3, -0.25) is 9.69 Å². The number of carbonyl (C=O) groups is 1. The molecule has 5 nitrogen and oxygen atoms in total. The van der Waals surface area contributed by atoms with Crippen LogP contribution in [0, 0.1) is 11.3 Å². The van der Waals surface area contributed by atoms with Gasteiger partial charge in [0.25, 0.3) is 0 Å². The fourth-order valence-corrected chi connectivity index (χ4v) is 2.42. The zero-order valence-electron chi connectivity index (χ0n) is 10.4. The molecule has 0 spiro atoms. The lowest BCUT2D eigenvalue weighted by Gasteiger charge is -2.34. The molecule has 1 saturated heterocycles. The lowest BCUT2D eigenvalue weighted by atomic mass is 10.1. The van der Waals surface area contributed by atoms with Crippen molar-refractivity contribution >= 4 is 17.5 Å². The van der Waals surface area contributed by atoms with E-state index >= 15 is 0 Å². The minimum atomic E-state index is -0.336. The highest BCUT2D eigenvalue weighted by Gasteiger charge is 2.27. The van der Waals surface area contributed by atoms with Crippen LogP contribution in [0.3, 0.4) is 0 Å². The molecule has 19 heavy (non-hydrogen) atoms. The summed E-state index contributed by atoms with van der Waals surface area (Å²) in [6.07, 6.45) is 0. The number of piperazine rings is 1. The largest absolute Gasteiger partial charge is 0.368 e. The molecule has 1 heterocycles. The molecule has 6 heteroatoms. The molecule has 1 amide bonds. The summed E-state index contributed by atoms with van der Waals surface area (Å²) in [6.45, 7) is 2.67. The topological polar surface area (TPSA) is 82.2 Å². The highest BCUT2D eigenvalue weighted by Crippen LogP contribution is 2.20. The quantitative estimate of drug-likeness (QED) is 0.842. The zero-order valence-corrected chi connectivity index (χ0v) is 11.2. The van der Waals surface area contributed by atoms with Gasteiger partial charge in [-0.25, -0.2) is 0 Å². The summed E-state index contributed by atoms with van der Waals surface area (Å²) in [6, 6.07) is 6.91. The van der Waals surface area contributed by atoms with Gasteiger partial charge in [0, 0.05) is 31.2 Å². The summed E-state index contributed by atoms with van der Waals surface area (Å²) < 4.78 is 0. The molecule has 1 unspecified atom stereocenters. The first kappa shape index (κ1) is 13.8. The molecule has 0 aromatic heterocycles. The van der Waals surface area contributed by atoms with Crippen LogP contribution in [0.25, 0.3) is 0 Å². The van der Waals surface area contributed by atoms with Crippen LogP contribution in [-0.2, 0) is 11.3 Å². The predicted octanol–water partition coefficient (Wildman–Crippen LogP) is 0.471. The Morgan fingerprint density at radius 2 is 2.42 bits per heavy atom. The van der Waals surface area contributed by atoms with E-state index < -0.39 is 0 Å². The Balaban J connectivity index is 2.15. The Kier molecular flexibility index (Phi) is 4.38. The molecule has 3 N–H and O–H groups in total. The third-order valence-electron chi connectivity index (χ3n) is 3.24. The Morgan fingerprint density at radius 1 is 1.63 bits per heavy atom.